The highest BCUT2D eigenvalue weighted by Crippen LogP contribution is 2.38. The molecule has 0 unspecified atom stereocenters. The van der Waals surface area contributed by atoms with Crippen LogP contribution in [0.2, 0.25) is 18.1 Å². The van der Waals surface area contributed by atoms with E-state index in [2.05, 4.69) is 33.9 Å². The summed E-state index contributed by atoms with van der Waals surface area (Å²) >= 11 is 0. The van der Waals surface area contributed by atoms with E-state index in [0.717, 1.165) is 43.8 Å². The Hall–Kier alpha value is -1.30. The van der Waals surface area contributed by atoms with Gasteiger partial charge in [-0.3, -0.25) is 0 Å². The zero-order valence-corrected chi connectivity index (χ0v) is 19.3. The molecular formula is C23H38O4Si. The molecule has 5 heteroatoms. The van der Waals surface area contributed by atoms with Crippen LogP contribution in [0.1, 0.15) is 64.9 Å². The molecule has 2 atom stereocenters. The Morgan fingerprint density at radius 1 is 0.893 bits per heavy atom. The summed E-state index contributed by atoms with van der Waals surface area (Å²) in [6.07, 6.45) is 6.16. The molecule has 0 N–H and O–H groups in total. The minimum Gasteiger partial charge on any atom is -0.414 e. The fourth-order valence-electron chi connectivity index (χ4n) is 2.83. The van der Waals surface area contributed by atoms with Crippen molar-refractivity contribution in [3.8, 4) is 0 Å². The van der Waals surface area contributed by atoms with Gasteiger partial charge in [0.05, 0.1) is 12.7 Å². The highest BCUT2D eigenvalue weighted by Gasteiger charge is 2.39. The fraction of sp³-hybridized carbons (Fsp3) is 0.652. The number of rotatable bonds is 14. The van der Waals surface area contributed by atoms with Gasteiger partial charge in [-0.2, -0.15) is 0 Å². The van der Waals surface area contributed by atoms with Gasteiger partial charge in [0.2, 0.25) is 0 Å². The van der Waals surface area contributed by atoms with Gasteiger partial charge in [0.25, 0.3) is 0 Å². The van der Waals surface area contributed by atoms with E-state index in [0.29, 0.717) is 19.4 Å². The van der Waals surface area contributed by atoms with Gasteiger partial charge < -0.3 is 18.8 Å². The first-order valence-corrected chi connectivity index (χ1v) is 13.3. The zero-order valence-electron chi connectivity index (χ0n) is 18.3. The van der Waals surface area contributed by atoms with E-state index < -0.39 is 8.32 Å². The van der Waals surface area contributed by atoms with Crippen LogP contribution in [0.5, 0.6) is 0 Å². The lowest BCUT2D eigenvalue weighted by Crippen LogP contribution is -2.44. The van der Waals surface area contributed by atoms with Crippen LogP contribution in [0.25, 0.3) is 0 Å². The number of carbonyl (C=O) groups is 2. The van der Waals surface area contributed by atoms with Gasteiger partial charge >= 0.3 is 0 Å². The van der Waals surface area contributed by atoms with Gasteiger partial charge in [-0.05, 0) is 49.4 Å². The third kappa shape index (κ3) is 9.26. The SMILES string of the molecule is CC(C)(C)[Si](C)(C)O[C@@H](CCC=O)CC[C@H](CCC=O)OCc1ccccc1. The quantitative estimate of drug-likeness (QED) is 0.294. The van der Waals surface area contributed by atoms with Crippen LogP contribution in [0.4, 0.5) is 0 Å². The van der Waals surface area contributed by atoms with Crippen LogP contribution in [0.3, 0.4) is 0 Å². The van der Waals surface area contributed by atoms with Gasteiger partial charge in [-0.15, -0.1) is 0 Å². The molecule has 1 rings (SSSR count). The fourth-order valence-corrected chi connectivity index (χ4v) is 4.26. The van der Waals surface area contributed by atoms with Crippen molar-refractivity contribution in [1.82, 2.24) is 0 Å². The molecule has 0 fully saturated rings. The van der Waals surface area contributed by atoms with Gasteiger partial charge in [0.15, 0.2) is 8.32 Å². The van der Waals surface area contributed by atoms with E-state index in [-0.39, 0.29) is 17.2 Å². The maximum absolute atomic E-state index is 10.9. The minimum atomic E-state index is -1.90. The molecule has 28 heavy (non-hydrogen) atoms. The van der Waals surface area contributed by atoms with E-state index in [9.17, 15) is 9.59 Å². The Labute approximate surface area is 172 Å². The largest absolute Gasteiger partial charge is 0.414 e. The Balaban J connectivity index is 2.68. The molecule has 0 heterocycles. The highest BCUT2D eigenvalue weighted by atomic mass is 28.4. The van der Waals surface area contributed by atoms with Crippen LogP contribution >= 0.6 is 0 Å². The normalized spacial score (nSPS) is 14.5. The number of hydrogen-bond donors (Lipinski definition) is 0. The maximum atomic E-state index is 10.9. The number of hydrogen-bond acceptors (Lipinski definition) is 4. The maximum Gasteiger partial charge on any atom is 0.192 e. The second-order valence-electron chi connectivity index (χ2n) is 8.98. The summed E-state index contributed by atoms with van der Waals surface area (Å²) in [6.45, 7) is 11.7. The van der Waals surface area contributed by atoms with E-state index in [1.54, 1.807) is 0 Å². The minimum absolute atomic E-state index is 0.0205. The Kier molecular flexibility index (Phi) is 10.9. The van der Waals surface area contributed by atoms with E-state index in [1.807, 2.05) is 30.3 Å². The van der Waals surface area contributed by atoms with Crippen molar-refractivity contribution >= 4 is 20.9 Å². The molecule has 0 aliphatic rings. The van der Waals surface area contributed by atoms with Gasteiger partial charge in [-0.25, -0.2) is 0 Å². The summed E-state index contributed by atoms with van der Waals surface area (Å²) in [5.74, 6) is 0. The second-order valence-corrected chi connectivity index (χ2v) is 13.7. The molecule has 0 saturated heterocycles. The summed E-state index contributed by atoms with van der Waals surface area (Å²) in [7, 11) is -1.90. The molecule has 0 bridgehead atoms. The van der Waals surface area contributed by atoms with Crippen LogP contribution in [0, 0.1) is 0 Å². The second kappa shape index (κ2) is 12.3. The predicted molar refractivity (Wildman–Crippen MR) is 117 cm³/mol. The number of benzene rings is 1. The first-order chi connectivity index (χ1) is 13.2. The van der Waals surface area contributed by atoms with Crippen molar-refractivity contribution in [3.05, 3.63) is 35.9 Å². The zero-order chi connectivity index (χ0) is 21.0. The van der Waals surface area contributed by atoms with Crippen LogP contribution < -0.4 is 0 Å². The summed E-state index contributed by atoms with van der Waals surface area (Å²) in [4.78, 5) is 21.8. The molecule has 0 radical (unpaired) electrons. The summed E-state index contributed by atoms with van der Waals surface area (Å²) in [6, 6.07) is 10.1. The first-order valence-electron chi connectivity index (χ1n) is 10.4. The van der Waals surface area contributed by atoms with Crippen LogP contribution in [-0.4, -0.2) is 33.1 Å². The van der Waals surface area contributed by atoms with Crippen molar-refractivity contribution in [2.45, 2.75) is 96.2 Å². The molecule has 0 aliphatic heterocycles. The van der Waals surface area contributed by atoms with E-state index in [4.69, 9.17) is 9.16 Å². The standard InChI is InChI=1S/C23H38O4Si/c1-23(2,3)28(4,5)27-22(14-10-18-25)16-15-21(13-9-17-24)26-19-20-11-7-6-8-12-20/h6-8,11-12,17-18,21-22H,9-10,13-16,19H2,1-5H3/t21-,22-/m0/s1. The molecule has 0 amide bonds. The topological polar surface area (TPSA) is 52.6 Å². The van der Waals surface area contributed by atoms with E-state index >= 15 is 0 Å². The van der Waals surface area contributed by atoms with Crippen molar-refractivity contribution in [2.75, 3.05) is 0 Å². The molecule has 0 aromatic heterocycles. The molecule has 1 aromatic rings. The van der Waals surface area contributed by atoms with Gasteiger partial charge in [0, 0.05) is 18.9 Å². The lowest BCUT2D eigenvalue weighted by atomic mass is 10.0. The summed E-state index contributed by atoms with van der Waals surface area (Å²) in [5, 5.41) is 0.132. The molecule has 158 valence electrons. The third-order valence-corrected chi connectivity index (χ3v) is 10.2. The monoisotopic (exact) mass is 406 g/mol. The van der Waals surface area contributed by atoms with Crippen LogP contribution in [-0.2, 0) is 25.4 Å². The molecule has 0 aliphatic carbocycles. The number of aldehydes is 2. The van der Waals surface area contributed by atoms with Crippen molar-refractivity contribution in [3.63, 3.8) is 0 Å². The Bertz CT molecular complexity index is 566. The number of ether oxygens (including phenoxy) is 1. The lowest BCUT2D eigenvalue weighted by Gasteiger charge is -2.39. The summed E-state index contributed by atoms with van der Waals surface area (Å²) in [5.41, 5.74) is 1.13. The van der Waals surface area contributed by atoms with Gasteiger partial charge in [-0.1, -0.05) is 51.1 Å². The lowest BCUT2D eigenvalue weighted by molar-refractivity contribution is -0.109. The molecule has 0 saturated carbocycles. The molecular weight excluding hydrogens is 368 g/mol. The summed E-state index contributed by atoms with van der Waals surface area (Å²) < 4.78 is 12.7. The van der Waals surface area contributed by atoms with Gasteiger partial charge in [0.1, 0.15) is 12.6 Å². The van der Waals surface area contributed by atoms with Crippen molar-refractivity contribution in [2.24, 2.45) is 0 Å². The molecule has 1 aromatic carbocycles. The van der Waals surface area contributed by atoms with Crippen molar-refractivity contribution < 1.29 is 18.8 Å². The Morgan fingerprint density at radius 3 is 1.96 bits per heavy atom. The Morgan fingerprint density at radius 2 is 1.43 bits per heavy atom. The first kappa shape index (κ1) is 24.7. The van der Waals surface area contributed by atoms with Crippen LogP contribution in [0.15, 0.2) is 30.3 Å². The third-order valence-electron chi connectivity index (χ3n) is 5.62. The van der Waals surface area contributed by atoms with E-state index in [1.165, 1.54) is 0 Å². The molecule has 4 nitrogen and oxygen atoms in total. The number of carbonyl (C=O) groups excluding carboxylic acids is 2. The smallest absolute Gasteiger partial charge is 0.192 e. The average Bonchev–Trinajstić information content (AvgIpc) is 2.64. The average molecular weight is 407 g/mol. The highest BCUT2D eigenvalue weighted by molar-refractivity contribution is 6.74. The van der Waals surface area contributed by atoms with Crippen molar-refractivity contribution in [1.29, 1.82) is 0 Å². The molecule has 0 spiro atoms. The predicted octanol–water partition coefficient (Wildman–Crippen LogP) is 5.70.